The summed E-state index contributed by atoms with van der Waals surface area (Å²) in [6.45, 7) is 2.81. The van der Waals surface area contributed by atoms with Crippen molar-refractivity contribution in [3.05, 3.63) is 42.2 Å². The number of rotatable bonds is 7. The van der Waals surface area contributed by atoms with Gasteiger partial charge in [-0.3, -0.25) is 4.90 Å². The molecule has 0 radical (unpaired) electrons. The number of likely N-dealkylation sites (tertiary alicyclic amines) is 1. The number of ether oxygens (including phenoxy) is 1. The first-order valence-electron chi connectivity index (χ1n) is 8.41. The van der Waals surface area contributed by atoms with Gasteiger partial charge in [0, 0.05) is 38.1 Å². The Hall–Kier alpha value is -1.70. The first kappa shape index (κ1) is 15.8. The van der Waals surface area contributed by atoms with Crippen molar-refractivity contribution in [3.8, 4) is 5.75 Å². The van der Waals surface area contributed by atoms with Gasteiger partial charge in [0.2, 0.25) is 5.16 Å². The van der Waals surface area contributed by atoms with Crippen molar-refractivity contribution in [1.82, 2.24) is 19.6 Å². The molecule has 2 heterocycles. The lowest BCUT2D eigenvalue weighted by atomic mass is 10.2. The minimum absolute atomic E-state index is 0.230. The van der Waals surface area contributed by atoms with E-state index in [-0.39, 0.29) is 6.04 Å². The van der Waals surface area contributed by atoms with Crippen molar-refractivity contribution in [3.63, 3.8) is 0 Å². The van der Waals surface area contributed by atoms with Crippen LogP contribution >= 0.6 is 0 Å². The van der Waals surface area contributed by atoms with Crippen molar-refractivity contribution in [1.29, 1.82) is 0 Å². The highest BCUT2D eigenvalue weighted by atomic mass is 32.2. The van der Waals surface area contributed by atoms with E-state index in [1.165, 1.54) is 18.4 Å². The minimum atomic E-state index is -1.27. The topological polar surface area (TPSA) is 70.2 Å². The van der Waals surface area contributed by atoms with E-state index in [2.05, 4.69) is 43.9 Å². The van der Waals surface area contributed by atoms with E-state index in [9.17, 15) is 4.21 Å². The second kappa shape index (κ2) is 7.04. The summed E-state index contributed by atoms with van der Waals surface area (Å²) in [5.41, 5.74) is 1.28. The fraction of sp³-hybridized carbons (Fsp3) is 0.471. The van der Waals surface area contributed by atoms with Gasteiger partial charge in [0.1, 0.15) is 5.75 Å². The molecular weight excluding hydrogens is 324 g/mol. The van der Waals surface area contributed by atoms with E-state index >= 15 is 0 Å². The van der Waals surface area contributed by atoms with Crippen LogP contribution < -0.4 is 9.46 Å². The van der Waals surface area contributed by atoms with Crippen LogP contribution in [0.2, 0.25) is 0 Å². The minimum Gasteiger partial charge on any atom is -0.490 e. The zero-order valence-corrected chi connectivity index (χ0v) is 14.3. The Bertz CT molecular complexity index is 685. The Labute approximate surface area is 144 Å². The largest absolute Gasteiger partial charge is 0.490 e. The van der Waals surface area contributed by atoms with Gasteiger partial charge in [0.05, 0.1) is 6.10 Å². The smallest absolute Gasteiger partial charge is 0.212 e. The van der Waals surface area contributed by atoms with E-state index in [0.29, 0.717) is 11.3 Å². The Balaban J connectivity index is 1.26. The van der Waals surface area contributed by atoms with Gasteiger partial charge in [0.15, 0.2) is 11.0 Å². The number of hydrogen-bond acceptors (Lipinski definition) is 4. The zero-order valence-electron chi connectivity index (χ0n) is 13.5. The van der Waals surface area contributed by atoms with Gasteiger partial charge in [-0.1, -0.05) is 12.1 Å². The number of H-pyrrole nitrogens is 1. The third-order valence-corrected chi connectivity index (χ3v) is 5.47. The number of aromatic amines is 1. The van der Waals surface area contributed by atoms with Gasteiger partial charge < -0.3 is 9.72 Å². The van der Waals surface area contributed by atoms with E-state index < -0.39 is 11.0 Å². The van der Waals surface area contributed by atoms with Crippen molar-refractivity contribution >= 4 is 11.0 Å². The molecule has 1 aliphatic heterocycles. The standard InChI is InChI=1S/C17H22N4O2S/c22-24(17-18-8-9-19-17)20-14-7-10-21(12-14)11-13-1-3-15(4-2-13)23-16-5-6-16/h1-4,8-9,14,16,20H,5-7,10-12H2,(H,18,19). The second-order valence-electron chi connectivity index (χ2n) is 6.46. The maximum absolute atomic E-state index is 12.1. The predicted octanol–water partition coefficient (Wildman–Crippen LogP) is 1.84. The normalized spacial score (nSPS) is 22.6. The van der Waals surface area contributed by atoms with Crippen molar-refractivity contribution in [2.24, 2.45) is 0 Å². The molecule has 1 aromatic heterocycles. The predicted molar refractivity (Wildman–Crippen MR) is 91.9 cm³/mol. The molecule has 0 bridgehead atoms. The summed E-state index contributed by atoms with van der Waals surface area (Å²) >= 11 is 0. The molecule has 4 rings (SSSR count). The van der Waals surface area contributed by atoms with Crippen molar-refractivity contribution < 1.29 is 8.95 Å². The lowest BCUT2D eigenvalue weighted by molar-refractivity contribution is 0.302. The Morgan fingerprint density at radius 3 is 2.83 bits per heavy atom. The van der Waals surface area contributed by atoms with E-state index in [1.54, 1.807) is 12.4 Å². The molecule has 24 heavy (non-hydrogen) atoms. The van der Waals surface area contributed by atoms with Gasteiger partial charge >= 0.3 is 0 Å². The number of hydrogen-bond donors (Lipinski definition) is 2. The summed E-state index contributed by atoms with van der Waals surface area (Å²) < 4.78 is 21.1. The highest BCUT2D eigenvalue weighted by Gasteiger charge is 2.25. The van der Waals surface area contributed by atoms with E-state index in [0.717, 1.165) is 31.8 Å². The average molecular weight is 346 g/mol. The molecule has 1 aliphatic carbocycles. The van der Waals surface area contributed by atoms with Gasteiger partial charge in [0.25, 0.3) is 0 Å². The number of imidazole rings is 1. The molecule has 128 valence electrons. The monoisotopic (exact) mass is 346 g/mol. The summed E-state index contributed by atoms with van der Waals surface area (Å²) in [6.07, 6.45) is 7.11. The fourth-order valence-corrected chi connectivity index (χ4v) is 3.88. The fourth-order valence-electron chi connectivity index (χ4n) is 2.94. The molecule has 2 atom stereocenters. The summed E-state index contributed by atoms with van der Waals surface area (Å²) in [4.78, 5) is 9.30. The van der Waals surface area contributed by atoms with Crippen LogP contribution in [-0.4, -0.2) is 44.3 Å². The van der Waals surface area contributed by atoms with Gasteiger partial charge in [-0.2, -0.15) is 0 Å². The molecule has 1 saturated heterocycles. The van der Waals surface area contributed by atoms with Gasteiger partial charge in [-0.25, -0.2) is 13.9 Å². The number of nitrogens with one attached hydrogen (secondary N) is 2. The van der Waals surface area contributed by atoms with E-state index in [4.69, 9.17) is 4.74 Å². The lowest BCUT2D eigenvalue weighted by Gasteiger charge is -2.16. The van der Waals surface area contributed by atoms with Crippen LogP contribution in [0.1, 0.15) is 24.8 Å². The van der Waals surface area contributed by atoms with Crippen LogP contribution in [0.4, 0.5) is 0 Å². The lowest BCUT2D eigenvalue weighted by Crippen LogP contribution is -2.34. The Kier molecular flexibility index (Phi) is 4.64. The highest BCUT2D eigenvalue weighted by molar-refractivity contribution is 7.82. The van der Waals surface area contributed by atoms with E-state index in [1.807, 2.05) is 0 Å². The van der Waals surface area contributed by atoms with Crippen molar-refractivity contribution in [2.45, 2.75) is 43.1 Å². The molecular formula is C17H22N4O2S. The molecule has 2 aliphatic rings. The third kappa shape index (κ3) is 4.03. The summed E-state index contributed by atoms with van der Waals surface area (Å²) in [7, 11) is -1.27. The second-order valence-corrected chi connectivity index (χ2v) is 7.62. The molecule has 0 amide bonds. The first-order valence-corrected chi connectivity index (χ1v) is 9.56. The third-order valence-electron chi connectivity index (χ3n) is 4.35. The molecule has 2 N–H and O–H groups in total. The SMILES string of the molecule is O=S(NC1CCN(Cc2ccc(OC3CC3)cc2)C1)c1ncc[nH]1. The summed E-state index contributed by atoms with van der Waals surface area (Å²) in [5, 5.41) is 0.486. The summed E-state index contributed by atoms with van der Waals surface area (Å²) in [6, 6.07) is 8.63. The molecule has 2 aromatic rings. The molecule has 0 spiro atoms. The maximum atomic E-state index is 12.1. The molecule has 1 saturated carbocycles. The zero-order chi connectivity index (χ0) is 16.4. The number of aromatic nitrogens is 2. The average Bonchev–Trinajstić information content (AvgIpc) is 3.06. The molecule has 7 heteroatoms. The molecule has 2 unspecified atom stereocenters. The highest BCUT2D eigenvalue weighted by Crippen LogP contribution is 2.27. The molecule has 2 fully saturated rings. The number of nitrogens with zero attached hydrogens (tertiary/aromatic N) is 2. The molecule has 1 aromatic carbocycles. The Morgan fingerprint density at radius 1 is 1.29 bits per heavy atom. The quantitative estimate of drug-likeness (QED) is 0.803. The van der Waals surface area contributed by atoms with Crippen LogP contribution in [0.5, 0.6) is 5.75 Å². The summed E-state index contributed by atoms with van der Waals surface area (Å²) in [5.74, 6) is 0.969. The van der Waals surface area contributed by atoms with Crippen LogP contribution in [0.25, 0.3) is 0 Å². The van der Waals surface area contributed by atoms with Crippen LogP contribution in [0, 0.1) is 0 Å². The Morgan fingerprint density at radius 2 is 2.12 bits per heavy atom. The maximum Gasteiger partial charge on any atom is 0.212 e. The number of benzene rings is 1. The van der Waals surface area contributed by atoms with Crippen LogP contribution in [-0.2, 0) is 17.5 Å². The van der Waals surface area contributed by atoms with Crippen molar-refractivity contribution in [2.75, 3.05) is 13.1 Å². The molecule has 6 nitrogen and oxygen atoms in total. The van der Waals surface area contributed by atoms with Gasteiger partial charge in [-0.15, -0.1) is 0 Å². The van der Waals surface area contributed by atoms with Crippen LogP contribution in [0.15, 0.2) is 41.8 Å². The van der Waals surface area contributed by atoms with Crippen LogP contribution in [0.3, 0.4) is 0 Å². The first-order chi connectivity index (χ1) is 11.8. The van der Waals surface area contributed by atoms with Gasteiger partial charge in [-0.05, 0) is 37.0 Å².